The third kappa shape index (κ3) is 17.7. The number of aromatic nitrogens is 2. The van der Waals surface area contributed by atoms with Gasteiger partial charge in [-0.25, -0.2) is 35.3 Å². The first kappa shape index (κ1) is 58.8. The summed E-state index contributed by atoms with van der Waals surface area (Å²) in [5.41, 5.74) is -3.12. The van der Waals surface area contributed by atoms with Crippen molar-refractivity contribution < 1.29 is 64.0 Å². The van der Waals surface area contributed by atoms with Gasteiger partial charge in [0.25, 0.3) is 27.7 Å². The van der Waals surface area contributed by atoms with Crippen LogP contribution in [0.3, 0.4) is 0 Å². The summed E-state index contributed by atoms with van der Waals surface area (Å²) < 4.78 is 87.2. The van der Waals surface area contributed by atoms with Crippen LogP contribution in [0.5, 0.6) is 0 Å². The second-order valence-corrected chi connectivity index (χ2v) is 21.8. The van der Waals surface area contributed by atoms with Crippen LogP contribution in [0.4, 0.5) is 8.78 Å². The molecule has 5 atom stereocenters. The number of amides is 6. The largest absolute Gasteiger partial charge is 0.344 e. The SMILES string of the molecule is CCC(C)C(NC(=O)C(CC(C)C)(NC(=O)c1cnccn1)NS(=O)(=O)c1cc(Cl)cc(S(=O)(=O)NC(=O)CC(C)C)c1)C(=O)NC(CC1CCCCC1)C(=O)NC(CC(F)F)C(=O)C(=O)NCC=O. The van der Waals surface area contributed by atoms with Crippen LogP contribution in [-0.4, -0.2) is 111 Å². The first-order valence-corrected chi connectivity index (χ1v) is 26.0. The molecule has 1 saturated carbocycles. The van der Waals surface area contributed by atoms with Crippen LogP contribution in [0.15, 0.2) is 46.6 Å². The predicted octanol–water partition coefficient (Wildman–Crippen LogP) is 2.44. The summed E-state index contributed by atoms with van der Waals surface area (Å²) >= 11 is 6.26. The maximum absolute atomic E-state index is 15.0. The zero-order valence-electron chi connectivity index (χ0n) is 39.7. The number of carbonyl (C=O) groups excluding carboxylic acids is 8. The molecule has 0 radical (unpaired) electrons. The number of hydrogen-bond acceptors (Lipinski definition) is 14. The summed E-state index contributed by atoms with van der Waals surface area (Å²) in [7, 11) is -9.88. The van der Waals surface area contributed by atoms with Gasteiger partial charge >= 0.3 is 0 Å². The van der Waals surface area contributed by atoms with E-state index in [1.54, 1.807) is 34.6 Å². The number of rotatable bonds is 27. The first-order valence-electron chi connectivity index (χ1n) is 22.7. The molecular weight excluding hydrogens is 984 g/mol. The Hall–Kier alpha value is -5.53. The molecule has 5 unspecified atom stereocenters. The molecule has 3 rings (SSSR count). The molecule has 1 fully saturated rings. The zero-order chi connectivity index (χ0) is 52.6. The predicted molar refractivity (Wildman–Crippen MR) is 249 cm³/mol. The lowest BCUT2D eigenvalue weighted by Crippen LogP contribution is -2.71. The van der Waals surface area contributed by atoms with E-state index in [9.17, 15) is 59.2 Å². The highest BCUT2D eigenvalue weighted by Gasteiger charge is 2.47. The summed E-state index contributed by atoms with van der Waals surface area (Å²) in [6, 6.07) is -2.83. The quantitative estimate of drug-likeness (QED) is 0.0384. The number of Topliss-reactive ketones (excluding diaryl/α,β-unsaturated/α-hetero) is 1. The van der Waals surface area contributed by atoms with E-state index in [1.807, 2.05) is 10.0 Å². The average molecular weight is 1050 g/mol. The molecule has 21 nitrogen and oxygen atoms in total. The number of benzene rings is 1. The molecule has 1 aromatic carbocycles. The maximum atomic E-state index is 15.0. The van der Waals surface area contributed by atoms with E-state index >= 15 is 4.79 Å². The highest BCUT2D eigenvalue weighted by molar-refractivity contribution is 7.90. The average Bonchev–Trinajstić information content (AvgIpc) is 3.28. The van der Waals surface area contributed by atoms with Gasteiger partial charge in [-0.05, 0) is 54.7 Å². The number of nitrogens with zero attached hydrogens (tertiary/aromatic N) is 2. The molecule has 388 valence electrons. The highest BCUT2D eigenvalue weighted by atomic mass is 35.5. The number of nitrogens with one attached hydrogen (secondary N) is 7. The number of sulfonamides is 2. The molecule has 1 aliphatic rings. The first-order chi connectivity index (χ1) is 32.7. The van der Waals surface area contributed by atoms with E-state index in [0.29, 0.717) is 18.9 Å². The van der Waals surface area contributed by atoms with Crippen LogP contribution in [0, 0.1) is 23.7 Å². The number of hydrogen-bond donors (Lipinski definition) is 7. The Morgan fingerprint density at radius 2 is 1.47 bits per heavy atom. The molecule has 1 aliphatic carbocycles. The minimum Gasteiger partial charge on any atom is -0.344 e. The van der Waals surface area contributed by atoms with Gasteiger partial charge in [0, 0.05) is 30.3 Å². The van der Waals surface area contributed by atoms with Gasteiger partial charge in [-0.2, -0.15) is 4.72 Å². The molecule has 1 heterocycles. The fourth-order valence-corrected chi connectivity index (χ4v) is 10.5. The van der Waals surface area contributed by atoms with Gasteiger partial charge in [0.2, 0.25) is 40.0 Å². The molecule has 26 heteroatoms. The lowest BCUT2D eigenvalue weighted by Gasteiger charge is -2.37. The summed E-state index contributed by atoms with van der Waals surface area (Å²) in [5.74, 6) is -10.2. The third-order valence-corrected chi connectivity index (χ3v) is 14.2. The number of aldehydes is 1. The molecule has 0 spiro atoms. The Bertz CT molecular complexity index is 2430. The minimum atomic E-state index is -5.16. The zero-order valence-corrected chi connectivity index (χ0v) is 42.1. The Balaban J connectivity index is 2.15. The van der Waals surface area contributed by atoms with Gasteiger partial charge in [0.15, 0.2) is 5.66 Å². The van der Waals surface area contributed by atoms with E-state index in [-0.39, 0.29) is 43.1 Å². The molecule has 7 N–H and O–H groups in total. The van der Waals surface area contributed by atoms with Gasteiger partial charge in [-0.15, -0.1) is 0 Å². The van der Waals surface area contributed by atoms with E-state index < -0.39 is 138 Å². The highest BCUT2D eigenvalue weighted by Crippen LogP contribution is 2.29. The summed E-state index contributed by atoms with van der Waals surface area (Å²) in [4.78, 5) is 112. The fraction of sp³-hybridized carbons (Fsp3) is 0.591. The topological polar surface area (TPSA) is 315 Å². The van der Waals surface area contributed by atoms with Gasteiger partial charge in [-0.3, -0.25) is 38.5 Å². The van der Waals surface area contributed by atoms with Gasteiger partial charge in [0.05, 0.1) is 22.5 Å². The van der Waals surface area contributed by atoms with Crippen LogP contribution in [-0.2, 0) is 53.6 Å². The van der Waals surface area contributed by atoms with Gasteiger partial charge < -0.3 is 31.4 Å². The van der Waals surface area contributed by atoms with E-state index in [0.717, 1.165) is 43.8 Å². The van der Waals surface area contributed by atoms with Gasteiger partial charge in [0.1, 0.15) is 30.1 Å². The van der Waals surface area contributed by atoms with E-state index in [4.69, 9.17) is 11.6 Å². The molecule has 0 saturated heterocycles. The summed E-state index contributed by atoms with van der Waals surface area (Å²) in [5, 5.41) is 11.2. The van der Waals surface area contributed by atoms with Crippen molar-refractivity contribution in [1.82, 2.24) is 46.0 Å². The standard InChI is InChI=1S/C44H62ClF2N9O12S2/c1-7-27(6)37(41(62)52-33(18-28-11-9-8-10-12-28)39(60)51-32(22-35(46)47)38(59)42(63)50-15-16-57)53-43(64)44(23-26(4)5,54-40(61)34-24-48-13-14-49-34)56-70(67,68)31-20-29(45)19-30(21-31)69(65,66)55-36(58)17-25(2)3/h13-14,16,19-21,24-28,32-33,35,37,56H,7-12,15,17-18,22-23H2,1-6H3,(H,50,63)(H,51,60)(H,52,62)(H,53,64)(H,54,61)(H,55,58). The van der Waals surface area contributed by atoms with Gasteiger partial charge in [-0.1, -0.05) is 91.7 Å². The number of carbonyl (C=O) groups is 8. The molecule has 2 aromatic rings. The van der Waals surface area contributed by atoms with Crippen LogP contribution in [0.25, 0.3) is 0 Å². The molecule has 0 aliphatic heterocycles. The van der Waals surface area contributed by atoms with Crippen molar-refractivity contribution in [1.29, 1.82) is 0 Å². The lowest BCUT2D eigenvalue weighted by atomic mass is 9.84. The van der Waals surface area contributed by atoms with Crippen molar-refractivity contribution in [2.24, 2.45) is 23.7 Å². The van der Waals surface area contributed by atoms with Crippen molar-refractivity contribution in [2.75, 3.05) is 6.54 Å². The van der Waals surface area contributed by atoms with Crippen LogP contribution in [0.1, 0.15) is 116 Å². The minimum absolute atomic E-state index is 0.0598. The van der Waals surface area contributed by atoms with E-state index in [1.165, 1.54) is 13.1 Å². The second kappa shape index (κ2) is 26.6. The lowest BCUT2D eigenvalue weighted by molar-refractivity contribution is -0.141. The Morgan fingerprint density at radius 1 is 0.843 bits per heavy atom. The second-order valence-electron chi connectivity index (χ2n) is 18.0. The Morgan fingerprint density at radius 3 is 2.03 bits per heavy atom. The number of ketones is 1. The van der Waals surface area contributed by atoms with Crippen LogP contribution in [0.2, 0.25) is 5.02 Å². The molecular formula is C44H62ClF2N9O12S2. The fourth-order valence-electron chi connectivity index (χ4n) is 7.63. The van der Waals surface area contributed by atoms with Crippen molar-refractivity contribution in [3.63, 3.8) is 0 Å². The van der Waals surface area contributed by atoms with E-state index in [2.05, 4.69) is 36.0 Å². The smallest absolute Gasteiger partial charge is 0.289 e. The Labute approximate surface area is 411 Å². The Kier molecular flexibility index (Phi) is 22.3. The number of alkyl halides is 2. The normalized spacial score (nSPS) is 15.9. The number of halogens is 3. The maximum Gasteiger partial charge on any atom is 0.289 e. The van der Waals surface area contributed by atoms with Crippen LogP contribution >= 0.6 is 11.6 Å². The summed E-state index contributed by atoms with van der Waals surface area (Å²) in [6.45, 7) is 9.05. The molecule has 0 bridgehead atoms. The molecule has 6 amide bonds. The monoisotopic (exact) mass is 1050 g/mol. The van der Waals surface area contributed by atoms with Crippen LogP contribution < -0.4 is 36.0 Å². The van der Waals surface area contributed by atoms with Crippen molar-refractivity contribution in [2.45, 2.75) is 146 Å². The van der Waals surface area contributed by atoms with Crippen molar-refractivity contribution >= 4 is 79.2 Å². The summed E-state index contributed by atoms with van der Waals surface area (Å²) in [6.07, 6.45) is 2.26. The molecule has 70 heavy (non-hydrogen) atoms. The van der Waals surface area contributed by atoms with Crippen molar-refractivity contribution in [3.05, 3.63) is 47.5 Å². The molecule has 1 aromatic heterocycles. The van der Waals surface area contributed by atoms with Crippen molar-refractivity contribution in [3.8, 4) is 0 Å². The third-order valence-electron chi connectivity index (χ3n) is 11.2.